The summed E-state index contributed by atoms with van der Waals surface area (Å²) in [5.74, 6) is -0.404. The first-order chi connectivity index (χ1) is 15.2. The molecule has 4 aromatic rings. The molecule has 1 fully saturated rings. The monoisotopic (exact) mass is 427 g/mol. The molecule has 1 N–H and O–H groups in total. The molecule has 1 amide bonds. The zero-order valence-electron chi connectivity index (χ0n) is 16.5. The number of fused-ring (bicyclic) bond motifs is 1. The van der Waals surface area contributed by atoms with E-state index in [1.54, 1.807) is 12.1 Å². The first kappa shape index (κ1) is 19.3. The van der Waals surface area contributed by atoms with Crippen LogP contribution in [0.2, 0.25) is 0 Å². The number of carbonyl (C=O) groups excluding carboxylic acids is 1. The average molecular weight is 428 g/mol. The third-order valence-electron chi connectivity index (χ3n) is 5.01. The Morgan fingerprint density at radius 3 is 2.52 bits per heavy atom. The van der Waals surface area contributed by atoms with Crippen molar-refractivity contribution >= 4 is 45.5 Å². The van der Waals surface area contributed by atoms with Crippen molar-refractivity contribution in [3.63, 3.8) is 0 Å². The van der Waals surface area contributed by atoms with E-state index in [2.05, 4.69) is 14.9 Å². The maximum absolute atomic E-state index is 13.3. The molecule has 1 aliphatic heterocycles. The van der Waals surface area contributed by atoms with Crippen LogP contribution >= 0.6 is 11.8 Å². The summed E-state index contributed by atoms with van der Waals surface area (Å²) in [5, 5.41) is 4.46. The second kappa shape index (κ2) is 8.24. The van der Waals surface area contributed by atoms with Crippen molar-refractivity contribution in [1.29, 1.82) is 0 Å². The number of amidine groups is 1. The smallest absolute Gasteiger partial charge is 0.264 e. The van der Waals surface area contributed by atoms with Crippen LogP contribution in [-0.4, -0.2) is 15.6 Å². The zero-order chi connectivity index (χ0) is 21.2. The number of thioether (sulfide) groups is 1. The lowest BCUT2D eigenvalue weighted by atomic mass is 10.1. The Labute approximate surface area is 183 Å². The van der Waals surface area contributed by atoms with Crippen LogP contribution in [0.15, 0.2) is 95.0 Å². The van der Waals surface area contributed by atoms with Crippen LogP contribution in [0.25, 0.3) is 17.0 Å². The minimum atomic E-state index is -0.247. The topological polar surface area (TPSA) is 46.4 Å². The van der Waals surface area contributed by atoms with Crippen LogP contribution < -0.4 is 5.32 Å². The molecule has 152 valence electrons. The summed E-state index contributed by atoms with van der Waals surface area (Å²) in [4.78, 5) is 17.6. The lowest BCUT2D eigenvalue weighted by Crippen LogP contribution is -2.19. The predicted molar refractivity (Wildman–Crippen MR) is 125 cm³/mol. The van der Waals surface area contributed by atoms with Crippen LogP contribution in [0, 0.1) is 5.82 Å². The van der Waals surface area contributed by atoms with E-state index in [0.29, 0.717) is 16.6 Å². The largest absolute Gasteiger partial charge is 0.342 e. The van der Waals surface area contributed by atoms with E-state index in [0.717, 1.165) is 27.7 Å². The van der Waals surface area contributed by atoms with Crippen LogP contribution in [0.5, 0.6) is 0 Å². The molecule has 31 heavy (non-hydrogen) atoms. The van der Waals surface area contributed by atoms with Crippen molar-refractivity contribution in [1.82, 2.24) is 9.88 Å². The van der Waals surface area contributed by atoms with Crippen molar-refractivity contribution in [3.05, 3.63) is 107 Å². The van der Waals surface area contributed by atoms with Crippen LogP contribution in [0.1, 0.15) is 11.1 Å². The van der Waals surface area contributed by atoms with E-state index < -0.39 is 0 Å². The van der Waals surface area contributed by atoms with Crippen molar-refractivity contribution in [3.8, 4) is 0 Å². The van der Waals surface area contributed by atoms with E-state index in [1.807, 2.05) is 66.9 Å². The van der Waals surface area contributed by atoms with Gasteiger partial charge >= 0.3 is 0 Å². The number of hydrogen-bond donors (Lipinski definition) is 1. The Morgan fingerprint density at radius 2 is 1.71 bits per heavy atom. The molecular weight excluding hydrogens is 409 g/mol. The summed E-state index contributed by atoms with van der Waals surface area (Å²) in [7, 11) is 0. The summed E-state index contributed by atoms with van der Waals surface area (Å²) in [6, 6.07) is 24.1. The van der Waals surface area contributed by atoms with Gasteiger partial charge in [-0.3, -0.25) is 4.79 Å². The molecule has 0 unspecified atom stereocenters. The fourth-order valence-corrected chi connectivity index (χ4v) is 4.38. The molecule has 5 rings (SSSR count). The molecule has 3 aromatic carbocycles. The van der Waals surface area contributed by atoms with Gasteiger partial charge < -0.3 is 9.88 Å². The Balaban J connectivity index is 1.47. The molecule has 0 radical (unpaired) electrons. The number of rotatable bonds is 4. The van der Waals surface area contributed by atoms with Gasteiger partial charge in [0.1, 0.15) is 5.82 Å². The van der Waals surface area contributed by atoms with E-state index >= 15 is 0 Å². The van der Waals surface area contributed by atoms with E-state index in [-0.39, 0.29) is 11.7 Å². The number of nitrogens with zero attached hydrogens (tertiary/aromatic N) is 2. The van der Waals surface area contributed by atoms with Gasteiger partial charge in [-0.05, 0) is 53.7 Å². The minimum Gasteiger partial charge on any atom is -0.342 e. The quantitative estimate of drug-likeness (QED) is 0.424. The standard InChI is InChI=1S/C25H18FN3OS/c26-19-12-10-17(11-13-19)15-29-16-18(21-8-4-5-9-22(21)29)14-23-24(30)28-25(31-23)27-20-6-2-1-3-7-20/h1-14,16H,15H2,(H,27,28,30). The molecule has 2 heterocycles. The first-order valence-electron chi connectivity index (χ1n) is 9.83. The van der Waals surface area contributed by atoms with Gasteiger partial charge in [0, 0.05) is 29.2 Å². The predicted octanol–water partition coefficient (Wildman–Crippen LogP) is 5.72. The highest BCUT2D eigenvalue weighted by atomic mass is 32.2. The number of hydrogen-bond acceptors (Lipinski definition) is 3. The Bertz CT molecular complexity index is 1320. The number of halogens is 1. The SMILES string of the molecule is O=C1NC(=Nc2ccccc2)SC1=Cc1cn(Cc2ccc(F)cc2)c2ccccc12. The van der Waals surface area contributed by atoms with Crippen LogP contribution in [0.3, 0.4) is 0 Å². The molecule has 6 heteroatoms. The van der Waals surface area contributed by atoms with Gasteiger partial charge in [-0.15, -0.1) is 0 Å². The zero-order valence-corrected chi connectivity index (χ0v) is 17.3. The molecule has 0 aliphatic carbocycles. The molecule has 0 bridgehead atoms. The molecule has 0 spiro atoms. The van der Waals surface area contributed by atoms with E-state index in [1.165, 1.54) is 23.9 Å². The third-order valence-corrected chi connectivity index (χ3v) is 5.92. The van der Waals surface area contributed by atoms with Crippen molar-refractivity contribution < 1.29 is 9.18 Å². The molecule has 0 atom stereocenters. The lowest BCUT2D eigenvalue weighted by molar-refractivity contribution is -0.115. The summed E-state index contributed by atoms with van der Waals surface area (Å²) in [6.45, 7) is 0.615. The van der Waals surface area contributed by atoms with Gasteiger partial charge in [0.05, 0.1) is 10.6 Å². The number of benzene rings is 3. The van der Waals surface area contributed by atoms with Gasteiger partial charge in [0.25, 0.3) is 5.91 Å². The number of carbonyl (C=O) groups is 1. The molecule has 1 aliphatic rings. The molecular formula is C25H18FN3OS. The Hall–Kier alpha value is -3.64. The first-order valence-corrected chi connectivity index (χ1v) is 10.6. The van der Waals surface area contributed by atoms with E-state index in [4.69, 9.17) is 0 Å². The maximum Gasteiger partial charge on any atom is 0.264 e. The highest BCUT2D eigenvalue weighted by Crippen LogP contribution is 2.31. The van der Waals surface area contributed by atoms with Gasteiger partial charge in [-0.1, -0.05) is 48.5 Å². The maximum atomic E-state index is 13.3. The molecule has 0 saturated carbocycles. The van der Waals surface area contributed by atoms with Gasteiger partial charge in [0.15, 0.2) is 5.17 Å². The van der Waals surface area contributed by atoms with Crippen LogP contribution in [-0.2, 0) is 11.3 Å². The summed E-state index contributed by atoms with van der Waals surface area (Å²) >= 11 is 1.33. The summed E-state index contributed by atoms with van der Waals surface area (Å²) < 4.78 is 15.4. The number of aliphatic imine (C=N–C) groups is 1. The Morgan fingerprint density at radius 1 is 0.968 bits per heavy atom. The normalized spacial score (nSPS) is 16.4. The minimum absolute atomic E-state index is 0.157. The highest BCUT2D eigenvalue weighted by molar-refractivity contribution is 8.18. The molecule has 4 nitrogen and oxygen atoms in total. The van der Waals surface area contributed by atoms with Crippen LogP contribution in [0.4, 0.5) is 10.1 Å². The number of para-hydroxylation sites is 2. The fraction of sp³-hybridized carbons (Fsp3) is 0.0400. The molecule has 1 saturated heterocycles. The lowest BCUT2D eigenvalue weighted by Gasteiger charge is -2.05. The Kier molecular flexibility index (Phi) is 5.14. The van der Waals surface area contributed by atoms with E-state index in [9.17, 15) is 9.18 Å². The number of amides is 1. The highest BCUT2D eigenvalue weighted by Gasteiger charge is 2.24. The second-order valence-corrected chi connectivity index (χ2v) is 8.20. The van der Waals surface area contributed by atoms with Crippen molar-refractivity contribution in [2.45, 2.75) is 6.54 Å². The van der Waals surface area contributed by atoms with Crippen molar-refractivity contribution in [2.24, 2.45) is 4.99 Å². The second-order valence-electron chi connectivity index (χ2n) is 7.17. The number of nitrogens with one attached hydrogen (secondary N) is 1. The summed E-state index contributed by atoms with van der Waals surface area (Å²) in [5.41, 5.74) is 3.81. The van der Waals surface area contributed by atoms with Crippen molar-refractivity contribution in [2.75, 3.05) is 0 Å². The van der Waals surface area contributed by atoms with Gasteiger partial charge in [-0.25, -0.2) is 9.38 Å². The average Bonchev–Trinajstić information content (AvgIpc) is 3.30. The summed E-state index contributed by atoms with van der Waals surface area (Å²) in [6.07, 6.45) is 3.93. The van der Waals surface area contributed by atoms with Gasteiger partial charge in [0.2, 0.25) is 0 Å². The van der Waals surface area contributed by atoms with Gasteiger partial charge in [-0.2, -0.15) is 0 Å². The fourth-order valence-electron chi connectivity index (χ4n) is 3.55. The molecule has 1 aromatic heterocycles. The number of aromatic nitrogens is 1. The third kappa shape index (κ3) is 4.15.